The van der Waals surface area contributed by atoms with Gasteiger partial charge in [0.1, 0.15) is 0 Å². The molecule has 0 saturated carbocycles. The first-order valence-electron chi connectivity index (χ1n) is 4.96. The Bertz CT molecular complexity index is 349. The maximum Gasteiger partial charge on any atom is 0.305 e. The molecule has 6 nitrogen and oxygen atoms in total. The second kappa shape index (κ2) is 5.11. The van der Waals surface area contributed by atoms with E-state index in [9.17, 15) is 13.2 Å². The Kier molecular flexibility index (Phi) is 4.90. The third-order valence-electron chi connectivity index (χ3n) is 2.10. The highest BCUT2D eigenvalue weighted by Gasteiger charge is 2.30. The fourth-order valence-corrected chi connectivity index (χ4v) is 2.58. The second-order valence-electron chi connectivity index (χ2n) is 4.67. The SMILES string of the molecule is CC(C)N(C)S(=O)(=O)NC(C)(C)CC(=O)O. The molecule has 7 heteroatoms. The molecule has 0 spiro atoms. The fraction of sp³-hybridized carbons (Fsp3) is 0.889. The normalized spacial score (nSPS) is 13.4. The van der Waals surface area contributed by atoms with E-state index in [1.807, 2.05) is 0 Å². The number of nitrogens with one attached hydrogen (secondary N) is 1. The molecule has 16 heavy (non-hydrogen) atoms. The molecule has 0 aromatic heterocycles. The van der Waals surface area contributed by atoms with Crippen molar-refractivity contribution in [3.8, 4) is 0 Å². The van der Waals surface area contributed by atoms with Crippen molar-refractivity contribution in [2.24, 2.45) is 0 Å². The van der Waals surface area contributed by atoms with Crippen molar-refractivity contribution in [3.05, 3.63) is 0 Å². The summed E-state index contributed by atoms with van der Waals surface area (Å²) in [6.07, 6.45) is -0.266. The minimum atomic E-state index is -3.64. The van der Waals surface area contributed by atoms with Crippen molar-refractivity contribution in [2.75, 3.05) is 7.05 Å². The molecule has 0 rings (SSSR count). The molecule has 0 unspecified atom stereocenters. The van der Waals surface area contributed by atoms with E-state index in [4.69, 9.17) is 5.11 Å². The van der Waals surface area contributed by atoms with Gasteiger partial charge >= 0.3 is 5.97 Å². The Labute approximate surface area is 96.8 Å². The zero-order valence-electron chi connectivity index (χ0n) is 10.3. The minimum Gasteiger partial charge on any atom is -0.481 e. The summed E-state index contributed by atoms with van der Waals surface area (Å²) in [5.41, 5.74) is -1.01. The van der Waals surface area contributed by atoms with Gasteiger partial charge in [-0.3, -0.25) is 4.79 Å². The number of carboxylic acids is 1. The zero-order valence-corrected chi connectivity index (χ0v) is 11.1. The average Bonchev–Trinajstić information content (AvgIpc) is 1.97. The van der Waals surface area contributed by atoms with E-state index < -0.39 is 21.7 Å². The van der Waals surface area contributed by atoms with Crippen LogP contribution in [0.2, 0.25) is 0 Å². The molecule has 2 N–H and O–H groups in total. The van der Waals surface area contributed by atoms with Crippen LogP contribution in [0.25, 0.3) is 0 Å². The molecule has 0 aliphatic carbocycles. The Balaban J connectivity index is 4.77. The predicted molar refractivity (Wildman–Crippen MR) is 61.3 cm³/mol. The third-order valence-corrected chi connectivity index (χ3v) is 4.10. The van der Waals surface area contributed by atoms with E-state index in [-0.39, 0.29) is 12.5 Å². The van der Waals surface area contributed by atoms with Gasteiger partial charge in [0.2, 0.25) is 0 Å². The van der Waals surface area contributed by atoms with Crippen molar-refractivity contribution in [3.63, 3.8) is 0 Å². The molecule has 0 bridgehead atoms. The first kappa shape index (κ1) is 15.3. The molecule has 96 valence electrons. The highest BCUT2D eigenvalue weighted by molar-refractivity contribution is 7.87. The van der Waals surface area contributed by atoms with Crippen LogP contribution in [0.4, 0.5) is 0 Å². The Morgan fingerprint density at radius 3 is 2.19 bits per heavy atom. The van der Waals surface area contributed by atoms with Gasteiger partial charge < -0.3 is 5.11 Å². The highest BCUT2D eigenvalue weighted by Crippen LogP contribution is 2.12. The van der Waals surface area contributed by atoms with Crippen LogP contribution in [0.3, 0.4) is 0 Å². The van der Waals surface area contributed by atoms with Gasteiger partial charge in [-0.15, -0.1) is 0 Å². The summed E-state index contributed by atoms with van der Waals surface area (Å²) >= 11 is 0. The quantitative estimate of drug-likeness (QED) is 0.717. The van der Waals surface area contributed by atoms with Crippen molar-refractivity contribution < 1.29 is 18.3 Å². The lowest BCUT2D eigenvalue weighted by Crippen LogP contribution is -2.51. The number of rotatable bonds is 6. The summed E-state index contributed by atoms with van der Waals surface area (Å²) in [6, 6.07) is -0.182. The van der Waals surface area contributed by atoms with Crippen molar-refractivity contribution in [1.82, 2.24) is 9.03 Å². The molecule has 0 radical (unpaired) electrons. The van der Waals surface area contributed by atoms with Crippen LogP contribution in [0, 0.1) is 0 Å². The Morgan fingerprint density at radius 2 is 1.88 bits per heavy atom. The summed E-state index contributed by atoms with van der Waals surface area (Å²) in [6.45, 7) is 6.55. The van der Waals surface area contributed by atoms with E-state index in [1.54, 1.807) is 13.8 Å². The first-order chi connectivity index (χ1) is 6.98. The maximum atomic E-state index is 11.8. The minimum absolute atomic E-state index is 0.182. The van der Waals surface area contributed by atoms with Gasteiger partial charge in [-0.2, -0.15) is 17.4 Å². The highest BCUT2D eigenvalue weighted by atomic mass is 32.2. The second-order valence-corrected chi connectivity index (χ2v) is 6.40. The topological polar surface area (TPSA) is 86.7 Å². The summed E-state index contributed by atoms with van der Waals surface area (Å²) < 4.78 is 27.1. The van der Waals surface area contributed by atoms with Gasteiger partial charge in [0.15, 0.2) is 0 Å². The molecular formula is C9H20N2O4S. The van der Waals surface area contributed by atoms with Crippen molar-refractivity contribution >= 4 is 16.2 Å². The predicted octanol–water partition coefficient (Wildman–Crippen LogP) is 0.414. The summed E-state index contributed by atoms with van der Waals surface area (Å²) in [7, 11) is -2.19. The van der Waals surface area contributed by atoms with Crippen LogP contribution in [0.5, 0.6) is 0 Å². The van der Waals surface area contributed by atoms with Crippen LogP contribution in [-0.2, 0) is 15.0 Å². The maximum absolute atomic E-state index is 11.8. The van der Waals surface area contributed by atoms with Gasteiger partial charge in [-0.25, -0.2) is 0 Å². The van der Waals surface area contributed by atoms with E-state index in [2.05, 4.69) is 4.72 Å². The lowest BCUT2D eigenvalue weighted by Gasteiger charge is -2.29. The van der Waals surface area contributed by atoms with E-state index in [0.717, 1.165) is 4.31 Å². The number of carboxylic acid groups (broad SMARTS) is 1. The third kappa shape index (κ3) is 4.91. The standard InChI is InChI=1S/C9H20N2O4S/c1-7(2)11(5)16(14,15)10-9(3,4)6-8(12)13/h7,10H,6H2,1-5H3,(H,12,13). The molecule has 0 aliphatic heterocycles. The van der Waals surface area contributed by atoms with Gasteiger partial charge in [0, 0.05) is 18.6 Å². The molecule has 0 fully saturated rings. The Morgan fingerprint density at radius 1 is 1.44 bits per heavy atom. The molecule has 0 aromatic carbocycles. The van der Waals surface area contributed by atoms with Crippen LogP contribution in [0.1, 0.15) is 34.1 Å². The Hall–Kier alpha value is -0.660. The van der Waals surface area contributed by atoms with Crippen molar-refractivity contribution in [1.29, 1.82) is 0 Å². The zero-order chi connectivity index (χ0) is 13.1. The largest absolute Gasteiger partial charge is 0.481 e. The van der Waals surface area contributed by atoms with Gasteiger partial charge in [0.05, 0.1) is 6.42 Å². The van der Waals surface area contributed by atoms with Crippen LogP contribution in [-0.4, -0.2) is 42.4 Å². The number of hydrogen-bond acceptors (Lipinski definition) is 3. The fourth-order valence-electron chi connectivity index (χ4n) is 1.11. The van der Waals surface area contributed by atoms with Crippen LogP contribution in [0.15, 0.2) is 0 Å². The number of carbonyl (C=O) groups is 1. The summed E-state index contributed by atoms with van der Waals surface area (Å²) in [4.78, 5) is 10.6. The molecule has 0 aromatic rings. The molecule has 0 amide bonds. The smallest absolute Gasteiger partial charge is 0.305 e. The molecule has 0 saturated heterocycles. The first-order valence-corrected chi connectivity index (χ1v) is 6.41. The molecule has 0 heterocycles. The molecular weight excluding hydrogens is 232 g/mol. The van der Waals surface area contributed by atoms with Crippen LogP contribution < -0.4 is 4.72 Å². The average molecular weight is 252 g/mol. The number of aliphatic carboxylic acids is 1. The lowest BCUT2D eigenvalue weighted by molar-refractivity contribution is -0.138. The van der Waals surface area contributed by atoms with Crippen molar-refractivity contribution in [2.45, 2.75) is 45.7 Å². The lowest BCUT2D eigenvalue weighted by atomic mass is 10.0. The van der Waals surface area contributed by atoms with E-state index in [1.165, 1.54) is 20.9 Å². The van der Waals surface area contributed by atoms with E-state index >= 15 is 0 Å². The van der Waals surface area contributed by atoms with Gasteiger partial charge in [-0.05, 0) is 27.7 Å². The number of hydrogen-bond donors (Lipinski definition) is 2. The number of nitrogens with zero attached hydrogens (tertiary/aromatic N) is 1. The summed E-state index contributed by atoms with van der Waals surface area (Å²) in [5, 5.41) is 8.65. The molecule has 0 aliphatic rings. The molecule has 0 atom stereocenters. The van der Waals surface area contributed by atoms with E-state index in [0.29, 0.717) is 0 Å². The van der Waals surface area contributed by atoms with Gasteiger partial charge in [-0.1, -0.05) is 0 Å². The van der Waals surface area contributed by atoms with Gasteiger partial charge in [0.25, 0.3) is 10.2 Å². The summed E-state index contributed by atoms with van der Waals surface area (Å²) in [5.74, 6) is -1.04. The monoisotopic (exact) mass is 252 g/mol. The van der Waals surface area contributed by atoms with Crippen LogP contribution >= 0.6 is 0 Å².